The number of carboxylic acids is 1. The number of nitrogens with zero attached hydrogens (tertiary/aromatic N) is 2. The molecule has 1 aliphatic rings. The smallest absolute Gasteiger partial charge is 0.348 e. The summed E-state index contributed by atoms with van der Waals surface area (Å²) in [4.78, 5) is 27.4. The lowest BCUT2D eigenvalue weighted by molar-refractivity contribution is -0.136. The van der Waals surface area contributed by atoms with E-state index in [-0.39, 0.29) is 18.2 Å². The first-order valence-corrected chi connectivity index (χ1v) is 7.74. The molecular weight excluding hydrogens is 268 g/mol. The highest BCUT2D eigenvalue weighted by atomic mass is 16.4. The molecule has 2 unspecified atom stereocenters. The molecule has 116 valence electrons. The summed E-state index contributed by atoms with van der Waals surface area (Å²) >= 11 is 0. The fraction of sp³-hybridized carbons (Fsp3) is 0.688. The van der Waals surface area contributed by atoms with Gasteiger partial charge in [-0.2, -0.15) is 4.98 Å². The van der Waals surface area contributed by atoms with E-state index in [2.05, 4.69) is 11.9 Å². The van der Waals surface area contributed by atoms with Crippen LogP contribution in [0.25, 0.3) is 0 Å². The summed E-state index contributed by atoms with van der Waals surface area (Å²) in [5.74, 6) is -0.234. The minimum atomic E-state index is -0.886. The summed E-state index contributed by atoms with van der Waals surface area (Å²) in [5.41, 5.74) is 1.76. The predicted octanol–water partition coefficient (Wildman–Crippen LogP) is 2.63. The van der Waals surface area contributed by atoms with Crippen molar-refractivity contribution in [2.24, 2.45) is 5.92 Å². The van der Waals surface area contributed by atoms with Crippen molar-refractivity contribution in [3.63, 3.8) is 0 Å². The van der Waals surface area contributed by atoms with E-state index in [1.165, 1.54) is 6.42 Å². The Kier molecular flexibility index (Phi) is 4.80. The van der Waals surface area contributed by atoms with Gasteiger partial charge in [0.25, 0.3) is 0 Å². The van der Waals surface area contributed by atoms with Crippen LogP contribution in [0.5, 0.6) is 0 Å². The average Bonchev–Trinajstić information content (AvgIpc) is 2.43. The second kappa shape index (κ2) is 6.41. The molecule has 0 spiro atoms. The van der Waals surface area contributed by atoms with Gasteiger partial charge in [-0.3, -0.25) is 9.36 Å². The van der Waals surface area contributed by atoms with E-state index < -0.39 is 5.97 Å². The Hall–Kier alpha value is -1.65. The van der Waals surface area contributed by atoms with Gasteiger partial charge >= 0.3 is 11.7 Å². The molecule has 0 bridgehead atoms. The number of carbonyl (C=O) groups is 1. The van der Waals surface area contributed by atoms with Crippen LogP contribution in [0.2, 0.25) is 0 Å². The number of aliphatic carboxylic acids is 1. The van der Waals surface area contributed by atoms with E-state index in [1.54, 1.807) is 11.5 Å². The largest absolute Gasteiger partial charge is 0.481 e. The summed E-state index contributed by atoms with van der Waals surface area (Å²) in [6.07, 6.45) is 5.38. The lowest BCUT2D eigenvalue weighted by Crippen LogP contribution is -2.34. The van der Waals surface area contributed by atoms with E-state index in [1.807, 2.05) is 6.92 Å². The molecule has 1 aliphatic carbocycles. The van der Waals surface area contributed by atoms with Crippen LogP contribution in [0.1, 0.15) is 62.0 Å². The topological polar surface area (TPSA) is 72.2 Å². The molecule has 0 aliphatic heterocycles. The van der Waals surface area contributed by atoms with Gasteiger partial charge in [0, 0.05) is 23.0 Å². The molecule has 2 rings (SSSR count). The Labute approximate surface area is 125 Å². The minimum Gasteiger partial charge on any atom is -0.481 e. The number of aryl methyl sites for hydroxylation is 1. The van der Waals surface area contributed by atoms with Crippen LogP contribution >= 0.6 is 0 Å². The monoisotopic (exact) mass is 292 g/mol. The summed E-state index contributed by atoms with van der Waals surface area (Å²) in [6.45, 7) is 5.75. The van der Waals surface area contributed by atoms with Crippen LogP contribution in [-0.2, 0) is 11.2 Å². The third kappa shape index (κ3) is 3.34. The first-order chi connectivity index (χ1) is 9.93. The Bertz CT molecular complexity index is 592. The van der Waals surface area contributed by atoms with Gasteiger partial charge in [0.15, 0.2) is 0 Å². The van der Waals surface area contributed by atoms with Gasteiger partial charge < -0.3 is 5.11 Å². The van der Waals surface area contributed by atoms with Gasteiger partial charge in [0.1, 0.15) is 0 Å². The van der Waals surface area contributed by atoms with Gasteiger partial charge in [0.05, 0.1) is 6.42 Å². The van der Waals surface area contributed by atoms with Crippen LogP contribution < -0.4 is 5.69 Å². The summed E-state index contributed by atoms with van der Waals surface area (Å²) in [5, 5.41) is 9.05. The zero-order chi connectivity index (χ0) is 15.6. The van der Waals surface area contributed by atoms with Crippen LogP contribution in [0.4, 0.5) is 0 Å². The molecule has 1 fully saturated rings. The highest BCUT2D eigenvalue weighted by Crippen LogP contribution is 2.34. The maximum absolute atomic E-state index is 12.3. The third-order valence-electron chi connectivity index (χ3n) is 4.73. The van der Waals surface area contributed by atoms with Crippen molar-refractivity contribution in [2.75, 3.05) is 0 Å². The number of rotatable bonds is 4. The molecular formula is C16H24N2O3. The zero-order valence-electron chi connectivity index (χ0n) is 13.1. The van der Waals surface area contributed by atoms with E-state index in [4.69, 9.17) is 5.11 Å². The summed E-state index contributed by atoms with van der Waals surface area (Å²) in [7, 11) is 0. The second-order valence-corrected chi connectivity index (χ2v) is 6.08. The second-order valence-electron chi connectivity index (χ2n) is 6.08. The quantitative estimate of drug-likeness (QED) is 0.926. The Balaban J connectivity index is 2.43. The minimum absolute atomic E-state index is 0.0745. The fourth-order valence-electron chi connectivity index (χ4n) is 3.52. The Morgan fingerprint density at radius 2 is 2.10 bits per heavy atom. The van der Waals surface area contributed by atoms with Gasteiger partial charge in [-0.15, -0.1) is 0 Å². The molecule has 5 nitrogen and oxygen atoms in total. The van der Waals surface area contributed by atoms with Gasteiger partial charge in [-0.1, -0.05) is 26.2 Å². The summed E-state index contributed by atoms with van der Waals surface area (Å²) in [6, 6.07) is 0.164. The van der Waals surface area contributed by atoms with Crippen molar-refractivity contribution in [1.29, 1.82) is 0 Å². The van der Waals surface area contributed by atoms with E-state index in [0.29, 0.717) is 17.2 Å². The van der Waals surface area contributed by atoms with Crippen molar-refractivity contribution < 1.29 is 9.90 Å². The molecule has 1 N–H and O–H groups in total. The molecule has 1 saturated carbocycles. The van der Waals surface area contributed by atoms with Crippen molar-refractivity contribution in [3.05, 3.63) is 27.4 Å². The molecule has 1 aromatic rings. The normalized spacial score (nSPS) is 22.2. The lowest BCUT2D eigenvalue weighted by atomic mass is 9.84. The van der Waals surface area contributed by atoms with Gasteiger partial charge in [-0.05, 0) is 32.6 Å². The fourth-order valence-corrected chi connectivity index (χ4v) is 3.52. The number of carboxylic acid groups (broad SMARTS) is 1. The maximum Gasteiger partial charge on any atom is 0.348 e. The molecule has 1 aromatic heterocycles. The number of aromatic nitrogens is 2. The van der Waals surface area contributed by atoms with Crippen molar-refractivity contribution in [2.45, 2.75) is 65.3 Å². The first-order valence-electron chi connectivity index (χ1n) is 7.74. The molecule has 0 amide bonds. The van der Waals surface area contributed by atoms with Gasteiger partial charge in [0.2, 0.25) is 0 Å². The van der Waals surface area contributed by atoms with E-state index in [0.717, 1.165) is 31.4 Å². The number of hydrogen-bond acceptors (Lipinski definition) is 3. The zero-order valence-corrected chi connectivity index (χ0v) is 13.1. The molecule has 0 saturated heterocycles. The molecule has 1 heterocycles. The molecule has 5 heteroatoms. The van der Waals surface area contributed by atoms with Crippen LogP contribution in [0.3, 0.4) is 0 Å². The highest BCUT2D eigenvalue weighted by Gasteiger charge is 2.25. The average molecular weight is 292 g/mol. The summed E-state index contributed by atoms with van der Waals surface area (Å²) < 4.78 is 1.74. The lowest BCUT2D eigenvalue weighted by Gasteiger charge is -2.31. The predicted molar refractivity (Wildman–Crippen MR) is 80.6 cm³/mol. The molecule has 21 heavy (non-hydrogen) atoms. The third-order valence-corrected chi connectivity index (χ3v) is 4.73. The van der Waals surface area contributed by atoms with Crippen LogP contribution in [0.15, 0.2) is 4.79 Å². The first kappa shape index (κ1) is 15.7. The number of hydrogen-bond donors (Lipinski definition) is 1. The molecule has 2 atom stereocenters. The van der Waals surface area contributed by atoms with Crippen molar-refractivity contribution in [1.82, 2.24) is 9.55 Å². The van der Waals surface area contributed by atoms with E-state index >= 15 is 0 Å². The molecule has 0 radical (unpaired) electrons. The Morgan fingerprint density at radius 1 is 1.38 bits per heavy atom. The maximum atomic E-state index is 12.3. The van der Waals surface area contributed by atoms with E-state index in [9.17, 15) is 9.59 Å². The van der Waals surface area contributed by atoms with Crippen molar-refractivity contribution >= 4 is 5.97 Å². The van der Waals surface area contributed by atoms with Crippen molar-refractivity contribution in [3.8, 4) is 0 Å². The molecule has 0 aromatic carbocycles. The van der Waals surface area contributed by atoms with Gasteiger partial charge in [-0.25, -0.2) is 4.79 Å². The van der Waals surface area contributed by atoms with Crippen LogP contribution in [0, 0.1) is 19.8 Å². The standard InChI is InChI=1S/C16H24N2O3/c1-4-12-6-5-7-13(8-12)18-11(3)14(9-15(19)20)10(2)17-16(18)21/h12-13H,4-9H2,1-3H3,(H,19,20). The SMILES string of the molecule is CCC1CCCC(n2c(C)c(CC(=O)O)c(C)nc2=O)C1. The van der Waals surface area contributed by atoms with Crippen LogP contribution in [-0.4, -0.2) is 20.6 Å². The Morgan fingerprint density at radius 3 is 2.71 bits per heavy atom. The highest BCUT2D eigenvalue weighted by molar-refractivity contribution is 5.70.